The number of hydrogen-bond donors (Lipinski definition) is 1. The normalized spacial score (nSPS) is 11.3. The van der Waals surface area contributed by atoms with E-state index in [4.69, 9.17) is 14.4 Å². The number of nitrogens with zero attached hydrogens (tertiary/aromatic N) is 2. The summed E-state index contributed by atoms with van der Waals surface area (Å²) in [5.74, 6) is -0.210. The van der Waals surface area contributed by atoms with Crippen molar-refractivity contribution in [1.82, 2.24) is 4.98 Å². The van der Waals surface area contributed by atoms with Gasteiger partial charge in [0.2, 0.25) is 0 Å². The first kappa shape index (κ1) is 14.8. The molecule has 2 heterocycles. The van der Waals surface area contributed by atoms with Crippen LogP contribution in [0.15, 0.2) is 52.5 Å². The minimum absolute atomic E-state index is 0.140. The summed E-state index contributed by atoms with van der Waals surface area (Å²) in [5.41, 5.74) is 1.35. The summed E-state index contributed by atoms with van der Waals surface area (Å²) in [6.07, 6.45) is 6.25. The molecule has 0 unspecified atom stereocenters. The van der Waals surface area contributed by atoms with Gasteiger partial charge in [0.1, 0.15) is 6.61 Å². The number of pyridine rings is 1. The van der Waals surface area contributed by atoms with Gasteiger partial charge in [0.05, 0.1) is 6.26 Å². The fraction of sp³-hybridized carbons (Fsp3) is 0.267. The topological polar surface area (TPSA) is 84.9 Å². The molecule has 0 fully saturated rings. The molecule has 6 heteroatoms. The van der Waals surface area contributed by atoms with Gasteiger partial charge < -0.3 is 14.4 Å². The summed E-state index contributed by atoms with van der Waals surface area (Å²) >= 11 is 0. The van der Waals surface area contributed by atoms with Gasteiger partial charge in [0.15, 0.2) is 11.5 Å². The Morgan fingerprint density at radius 2 is 2.24 bits per heavy atom. The van der Waals surface area contributed by atoms with E-state index in [2.05, 4.69) is 10.1 Å². The predicted octanol–water partition coefficient (Wildman–Crippen LogP) is 2.70. The van der Waals surface area contributed by atoms with Crippen LogP contribution < -0.4 is 0 Å². The Morgan fingerprint density at radius 1 is 1.33 bits per heavy atom. The van der Waals surface area contributed by atoms with E-state index in [9.17, 15) is 4.79 Å². The molecule has 0 amide bonds. The highest BCUT2D eigenvalue weighted by Gasteiger charge is 2.10. The number of rotatable bonds is 8. The van der Waals surface area contributed by atoms with Gasteiger partial charge in [-0.05, 0) is 37.1 Å². The van der Waals surface area contributed by atoms with Gasteiger partial charge in [-0.3, -0.25) is 9.78 Å². The van der Waals surface area contributed by atoms with Crippen LogP contribution in [0.2, 0.25) is 0 Å². The molecule has 0 saturated carbocycles. The van der Waals surface area contributed by atoms with Crippen LogP contribution in [0.5, 0.6) is 0 Å². The van der Waals surface area contributed by atoms with E-state index in [0.29, 0.717) is 30.9 Å². The molecule has 110 valence electrons. The third kappa shape index (κ3) is 4.76. The molecule has 0 aromatic carbocycles. The monoisotopic (exact) mass is 288 g/mol. The Bertz CT molecular complexity index is 579. The first-order valence-electron chi connectivity index (χ1n) is 6.63. The molecule has 2 aromatic rings. The lowest BCUT2D eigenvalue weighted by Crippen LogP contribution is -2.04. The van der Waals surface area contributed by atoms with Crippen molar-refractivity contribution in [2.75, 3.05) is 6.61 Å². The van der Waals surface area contributed by atoms with E-state index in [1.165, 1.54) is 0 Å². The fourth-order valence-corrected chi connectivity index (χ4v) is 1.71. The molecule has 21 heavy (non-hydrogen) atoms. The van der Waals surface area contributed by atoms with Crippen molar-refractivity contribution in [3.8, 4) is 0 Å². The molecule has 1 N–H and O–H groups in total. The van der Waals surface area contributed by atoms with Crippen LogP contribution in [0.25, 0.3) is 0 Å². The highest BCUT2D eigenvalue weighted by molar-refractivity contribution is 6.10. The number of carboxylic acids is 1. The smallest absolute Gasteiger partial charge is 0.303 e. The molecule has 0 bridgehead atoms. The second-order valence-corrected chi connectivity index (χ2v) is 4.34. The molecular formula is C15H16N2O4. The average molecular weight is 288 g/mol. The summed E-state index contributed by atoms with van der Waals surface area (Å²) in [6.45, 7) is 0.359. The third-order valence-corrected chi connectivity index (χ3v) is 2.72. The van der Waals surface area contributed by atoms with Gasteiger partial charge in [0, 0.05) is 24.4 Å². The molecule has 0 aliphatic carbocycles. The summed E-state index contributed by atoms with van der Waals surface area (Å²) in [6, 6.07) is 7.23. The summed E-state index contributed by atoms with van der Waals surface area (Å²) in [4.78, 5) is 19.7. The first-order chi connectivity index (χ1) is 10.3. The number of hydrogen-bond acceptors (Lipinski definition) is 5. The second kappa shape index (κ2) is 7.84. The number of carbonyl (C=O) groups is 1. The minimum Gasteiger partial charge on any atom is -0.481 e. The first-order valence-corrected chi connectivity index (χ1v) is 6.63. The molecule has 0 aliphatic heterocycles. The lowest BCUT2D eigenvalue weighted by atomic mass is 10.1. The number of furan rings is 1. The highest BCUT2D eigenvalue weighted by Crippen LogP contribution is 2.11. The summed E-state index contributed by atoms with van der Waals surface area (Å²) in [7, 11) is 0. The second-order valence-electron chi connectivity index (χ2n) is 4.34. The number of aliphatic carboxylic acids is 1. The predicted molar refractivity (Wildman–Crippen MR) is 76.0 cm³/mol. The molecular weight excluding hydrogens is 272 g/mol. The van der Waals surface area contributed by atoms with E-state index in [0.717, 1.165) is 5.56 Å². The lowest BCUT2D eigenvalue weighted by Gasteiger charge is -2.04. The summed E-state index contributed by atoms with van der Waals surface area (Å²) < 4.78 is 5.34. The maximum absolute atomic E-state index is 10.4. The van der Waals surface area contributed by atoms with Crippen LogP contribution in [-0.2, 0) is 9.63 Å². The largest absolute Gasteiger partial charge is 0.481 e. The number of aromatic nitrogens is 1. The van der Waals surface area contributed by atoms with Crippen molar-refractivity contribution in [1.29, 1.82) is 0 Å². The van der Waals surface area contributed by atoms with Gasteiger partial charge in [-0.15, -0.1) is 0 Å². The zero-order valence-corrected chi connectivity index (χ0v) is 11.4. The van der Waals surface area contributed by atoms with Crippen LogP contribution in [0.4, 0.5) is 0 Å². The lowest BCUT2D eigenvalue weighted by molar-refractivity contribution is -0.137. The molecule has 0 radical (unpaired) electrons. The Kier molecular flexibility index (Phi) is 5.51. The van der Waals surface area contributed by atoms with E-state index >= 15 is 0 Å². The van der Waals surface area contributed by atoms with Crippen LogP contribution >= 0.6 is 0 Å². The molecule has 0 aliphatic rings. The van der Waals surface area contributed by atoms with Crippen molar-refractivity contribution < 1.29 is 19.2 Å². The van der Waals surface area contributed by atoms with Crippen LogP contribution in [0.3, 0.4) is 0 Å². The SMILES string of the molecule is O=C(O)CCCCON=C(c1cccnc1)c1ccco1. The van der Waals surface area contributed by atoms with Crippen LogP contribution in [-0.4, -0.2) is 28.4 Å². The van der Waals surface area contributed by atoms with Gasteiger partial charge in [-0.2, -0.15) is 0 Å². The molecule has 6 nitrogen and oxygen atoms in total. The summed E-state index contributed by atoms with van der Waals surface area (Å²) in [5, 5.41) is 12.6. The van der Waals surface area contributed by atoms with Crippen molar-refractivity contribution in [3.63, 3.8) is 0 Å². The fourth-order valence-electron chi connectivity index (χ4n) is 1.71. The van der Waals surface area contributed by atoms with Gasteiger partial charge in [-0.1, -0.05) is 5.16 Å². The highest BCUT2D eigenvalue weighted by atomic mass is 16.6. The van der Waals surface area contributed by atoms with Crippen LogP contribution in [0.1, 0.15) is 30.6 Å². The van der Waals surface area contributed by atoms with Gasteiger partial charge in [0.25, 0.3) is 0 Å². The molecule has 0 saturated heterocycles. The third-order valence-electron chi connectivity index (χ3n) is 2.72. The molecule has 2 rings (SSSR count). The average Bonchev–Trinajstić information content (AvgIpc) is 3.01. The molecule has 2 aromatic heterocycles. The number of unbranched alkanes of at least 4 members (excludes halogenated alkanes) is 1. The van der Waals surface area contributed by atoms with E-state index < -0.39 is 5.97 Å². The standard InChI is InChI=1S/C15H16N2O4/c18-14(19)7-1-2-10-21-17-15(13-6-4-9-20-13)12-5-3-8-16-11-12/h3-6,8-9,11H,1-2,7,10H2,(H,18,19). The Labute approximate surface area is 122 Å². The Morgan fingerprint density at radius 3 is 2.90 bits per heavy atom. The maximum atomic E-state index is 10.4. The van der Waals surface area contributed by atoms with Gasteiger partial charge >= 0.3 is 5.97 Å². The van der Waals surface area contributed by atoms with E-state index in [1.54, 1.807) is 36.9 Å². The zero-order chi connectivity index (χ0) is 14.9. The minimum atomic E-state index is -0.801. The van der Waals surface area contributed by atoms with Crippen molar-refractivity contribution in [2.45, 2.75) is 19.3 Å². The Balaban J connectivity index is 1.97. The van der Waals surface area contributed by atoms with Crippen molar-refractivity contribution in [2.24, 2.45) is 5.16 Å². The van der Waals surface area contributed by atoms with Crippen molar-refractivity contribution >= 4 is 11.7 Å². The van der Waals surface area contributed by atoms with Crippen molar-refractivity contribution in [3.05, 3.63) is 54.2 Å². The zero-order valence-electron chi connectivity index (χ0n) is 11.4. The van der Waals surface area contributed by atoms with E-state index in [1.807, 2.05) is 6.07 Å². The molecule has 0 spiro atoms. The van der Waals surface area contributed by atoms with E-state index in [-0.39, 0.29) is 6.42 Å². The number of oxime groups is 1. The van der Waals surface area contributed by atoms with Gasteiger partial charge in [-0.25, -0.2) is 0 Å². The molecule has 0 atom stereocenters. The van der Waals surface area contributed by atoms with Crippen LogP contribution in [0, 0.1) is 0 Å². The Hall–Kier alpha value is -2.63. The number of carboxylic acid groups (broad SMARTS) is 1. The quantitative estimate of drug-likeness (QED) is 0.458. The maximum Gasteiger partial charge on any atom is 0.303 e.